The molecule has 2 atom stereocenters. The van der Waals surface area contributed by atoms with Crippen LogP contribution in [0, 0.1) is 18.8 Å². The number of carbonyl (C=O) groups is 1. The molecule has 4 rings (SSSR count). The van der Waals surface area contributed by atoms with Gasteiger partial charge in [-0.15, -0.1) is 0 Å². The number of urea groups is 1. The molecule has 1 saturated heterocycles. The van der Waals surface area contributed by atoms with Gasteiger partial charge in [-0.05, 0) is 43.7 Å². The molecule has 23 heavy (non-hydrogen) atoms. The first-order chi connectivity index (χ1) is 11.2. The number of fused-ring (bicyclic) bond motifs is 2. The number of hydrogen-bond acceptors (Lipinski definition) is 2. The van der Waals surface area contributed by atoms with Crippen LogP contribution in [-0.4, -0.2) is 33.4 Å². The Morgan fingerprint density at radius 1 is 1.26 bits per heavy atom. The summed E-state index contributed by atoms with van der Waals surface area (Å²) in [5, 5.41) is 3.02. The van der Waals surface area contributed by atoms with E-state index < -0.39 is 0 Å². The van der Waals surface area contributed by atoms with Crippen LogP contribution in [-0.2, 0) is 6.54 Å². The van der Waals surface area contributed by atoms with Gasteiger partial charge in [0.1, 0.15) is 5.65 Å². The molecular weight excluding hydrogens is 288 g/mol. The number of amides is 2. The van der Waals surface area contributed by atoms with Crippen molar-refractivity contribution >= 4 is 11.7 Å². The minimum absolute atomic E-state index is 0.0354. The second kappa shape index (κ2) is 5.72. The van der Waals surface area contributed by atoms with Gasteiger partial charge in [0, 0.05) is 25.0 Å². The number of allylic oxidation sites excluding steroid dienone is 2. The number of likely N-dealkylation sites (tertiary alicyclic amines) is 1. The lowest BCUT2D eigenvalue weighted by Crippen LogP contribution is -2.38. The summed E-state index contributed by atoms with van der Waals surface area (Å²) < 4.78 is 2.05. The number of aromatic nitrogens is 2. The number of carbonyl (C=O) groups excluding carboxylic acids is 1. The molecule has 1 fully saturated rings. The first-order valence-electron chi connectivity index (χ1n) is 8.32. The molecule has 0 aromatic carbocycles. The smallest absolute Gasteiger partial charge is 0.317 e. The van der Waals surface area contributed by atoms with Gasteiger partial charge in [-0.3, -0.25) is 0 Å². The molecule has 1 N–H and O–H groups in total. The van der Waals surface area contributed by atoms with Crippen molar-refractivity contribution < 1.29 is 4.79 Å². The first kappa shape index (κ1) is 14.3. The molecule has 0 bridgehead atoms. The fraction of sp³-hybridized carbons (Fsp3) is 0.444. The zero-order valence-electron chi connectivity index (χ0n) is 13.4. The third-order valence-corrected chi connectivity index (χ3v) is 5.07. The Bertz CT molecular complexity index is 747. The average molecular weight is 310 g/mol. The number of rotatable bonds is 2. The summed E-state index contributed by atoms with van der Waals surface area (Å²) in [6.45, 7) is 4.29. The van der Waals surface area contributed by atoms with Crippen molar-refractivity contribution in [2.45, 2.75) is 26.3 Å². The number of nitrogens with one attached hydrogen (secondary N) is 1. The average Bonchev–Trinajstić information content (AvgIpc) is 3.17. The molecule has 0 saturated carbocycles. The SMILES string of the molecule is Cc1cccc2nc(CNC(=O)N3C[C@H]4CC=CC[C@@H]4C3)cn12. The summed E-state index contributed by atoms with van der Waals surface area (Å²) in [4.78, 5) is 18.9. The Morgan fingerprint density at radius 3 is 2.70 bits per heavy atom. The van der Waals surface area contributed by atoms with Gasteiger partial charge in [-0.1, -0.05) is 18.2 Å². The predicted molar refractivity (Wildman–Crippen MR) is 89.1 cm³/mol. The molecule has 1 aliphatic carbocycles. The number of pyridine rings is 1. The molecule has 5 nitrogen and oxygen atoms in total. The van der Waals surface area contributed by atoms with Crippen molar-refractivity contribution in [2.24, 2.45) is 11.8 Å². The van der Waals surface area contributed by atoms with E-state index in [2.05, 4.69) is 39.8 Å². The summed E-state index contributed by atoms with van der Waals surface area (Å²) in [5.41, 5.74) is 2.96. The van der Waals surface area contributed by atoms with Crippen LogP contribution in [0.5, 0.6) is 0 Å². The highest BCUT2D eigenvalue weighted by Crippen LogP contribution is 2.32. The highest BCUT2D eigenvalue weighted by atomic mass is 16.2. The lowest BCUT2D eigenvalue weighted by molar-refractivity contribution is 0.206. The quantitative estimate of drug-likeness (QED) is 0.867. The van der Waals surface area contributed by atoms with E-state index in [4.69, 9.17) is 0 Å². The van der Waals surface area contributed by atoms with Crippen LogP contribution in [0.2, 0.25) is 0 Å². The Kier molecular flexibility index (Phi) is 3.56. The topological polar surface area (TPSA) is 49.6 Å². The minimum Gasteiger partial charge on any atom is -0.332 e. The Balaban J connectivity index is 1.38. The summed E-state index contributed by atoms with van der Waals surface area (Å²) in [6, 6.07) is 6.07. The van der Waals surface area contributed by atoms with Gasteiger partial charge in [0.2, 0.25) is 0 Å². The maximum absolute atomic E-state index is 12.4. The van der Waals surface area contributed by atoms with Crippen LogP contribution in [0.15, 0.2) is 36.5 Å². The van der Waals surface area contributed by atoms with Crippen LogP contribution < -0.4 is 5.32 Å². The van der Waals surface area contributed by atoms with Crippen LogP contribution in [0.4, 0.5) is 4.79 Å². The van der Waals surface area contributed by atoms with Crippen molar-refractivity contribution in [2.75, 3.05) is 13.1 Å². The van der Waals surface area contributed by atoms with Crippen LogP contribution in [0.3, 0.4) is 0 Å². The Hall–Kier alpha value is -2.30. The molecule has 2 aromatic rings. The van der Waals surface area contributed by atoms with Crippen LogP contribution >= 0.6 is 0 Å². The van der Waals surface area contributed by atoms with E-state index in [9.17, 15) is 4.79 Å². The van der Waals surface area contributed by atoms with E-state index in [0.717, 1.165) is 43.0 Å². The van der Waals surface area contributed by atoms with Gasteiger partial charge < -0.3 is 14.6 Å². The molecule has 2 aliphatic rings. The molecule has 1 aliphatic heterocycles. The molecule has 2 amide bonds. The van der Waals surface area contributed by atoms with Gasteiger partial charge in [0.25, 0.3) is 0 Å². The molecule has 0 spiro atoms. The number of imidazole rings is 1. The molecule has 2 aromatic heterocycles. The maximum Gasteiger partial charge on any atom is 0.317 e. The second-order valence-electron chi connectivity index (χ2n) is 6.65. The molecular formula is C18H22N4O. The predicted octanol–water partition coefficient (Wildman–Crippen LogP) is 2.75. The second-order valence-corrected chi connectivity index (χ2v) is 6.65. The molecule has 5 heteroatoms. The third kappa shape index (κ3) is 2.71. The van der Waals surface area contributed by atoms with E-state index in [1.54, 1.807) is 0 Å². The fourth-order valence-electron chi connectivity index (χ4n) is 3.74. The van der Waals surface area contributed by atoms with Crippen molar-refractivity contribution in [1.29, 1.82) is 0 Å². The summed E-state index contributed by atoms with van der Waals surface area (Å²) in [6.07, 6.45) is 8.72. The molecule has 0 radical (unpaired) electrons. The molecule has 3 heterocycles. The number of aryl methyl sites for hydroxylation is 1. The first-order valence-corrected chi connectivity index (χ1v) is 8.32. The summed E-state index contributed by atoms with van der Waals surface area (Å²) >= 11 is 0. The van der Waals surface area contributed by atoms with Gasteiger partial charge in [-0.2, -0.15) is 0 Å². The number of hydrogen-bond donors (Lipinski definition) is 1. The van der Waals surface area contributed by atoms with Crippen molar-refractivity contribution in [1.82, 2.24) is 19.6 Å². The Morgan fingerprint density at radius 2 is 2.00 bits per heavy atom. The zero-order chi connectivity index (χ0) is 15.8. The lowest BCUT2D eigenvalue weighted by Gasteiger charge is -2.17. The van der Waals surface area contributed by atoms with Gasteiger partial charge >= 0.3 is 6.03 Å². The lowest BCUT2D eigenvalue weighted by atomic mass is 9.86. The highest BCUT2D eigenvalue weighted by molar-refractivity contribution is 5.74. The van der Waals surface area contributed by atoms with E-state index in [-0.39, 0.29) is 6.03 Å². The summed E-state index contributed by atoms with van der Waals surface area (Å²) in [7, 11) is 0. The fourth-order valence-corrected chi connectivity index (χ4v) is 3.74. The minimum atomic E-state index is 0.0354. The van der Waals surface area contributed by atoms with Gasteiger partial charge in [0.15, 0.2) is 0 Å². The molecule has 120 valence electrons. The third-order valence-electron chi connectivity index (χ3n) is 5.07. The van der Waals surface area contributed by atoms with E-state index in [1.807, 2.05) is 23.2 Å². The van der Waals surface area contributed by atoms with E-state index in [0.29, 0.717) is 18.4 Å². The maximum atomic E-state index is 12.4. The van der Waals surface area contributed by atoms with E-state index in [1.165, 1.54) is 0 Å². The van der Waals surface area contributed by atoms with Crippen molar-refractivity contribution in [3.05, 3.63) is 47.9 Å². The standard InChI is InChI=1S/C18H22N4O/c1-13-5-4-8-17-20-16(12-22(13)17)9-19-18(23)21-10-14-6-2-3-7-15(14)11-21/h2-5,8,12,14-15H,6-7,9-11H2,1H3,(H,19,23)/t14-,15-/m1/s1. The Labute approximate surface area is 136 Å². The van der Waals surface area contributed by atoms with E-state index >= 15 is 0 Å². The number of nitrogens with zero attached hydrogens (tertiary/aromatic N) is 3. The highest BCUT2D eigenvalue weighted by Gasteiger charge is 2.34. The monoisotopic (exact) mass is 310 g/mol. The van der Waals surface area contributed by atoms with Gasteiger partial charge in [-0.25, -0.2) is 9.78 Å². The largest absolute Gasteiger partial charge is 0.332 e. The van der Waals surface area contributed by atoms with Crippen LogP contribution in [0.1, 0.15) is 24.2 Å². The van der Waals surface area contributed by atoms with Gasteiger partial charge in [0.05, 0.1) is 12.2 Å². The van der Waals surface area contributed by atoms with Crippen molar-refractivity contribution in [3.63, 3.8) is 0 Å². The van der Waals surface area contributed by atoms with Crippen molar-refractivity contribution in [3.8, 4) is 0 Å². The van der Waals surface area contributed by atoms with Crippen LogP contribution in [0.25, 0.3) is 5.65 Å². The summed E-state index contributed by atoms with van der Waals surface area (Å²) in [5.74, 6) is 1.28. The zero-order valence-corrected chi connectivity index (χ0v) is 13.4. The normalized spacial score (nSPS) is 23.3. The molecule has 0 unspecified atom stereocenters.